The average molecular weight is 944 g/mol. The lowest BCUT2D eigenvalue weighted by Crippen LogP contribution is -2.41. The maximum Gasteiger partial charge on any atom is 0.600 e. The average Bonchev–Trinajstić information content (AvgIpc) is 3.97. The fourth-order valence-electron chi connectivity index (χ4n) is 6.32. The fraction of sp³-hybridized carbons (Fsp3) is 0.880. The van der Waals surface area contributed by atoms with Gasteiger partial charge in [-0.1, -0.05) is 158 Å². The van der Waals surface area contributed by atoms with E-state index < -0.39 is 0 Å². The minimum Gasteiger partial charge on any atom is -0.523 e. The van der Waals surface area contributed by atoms with E-state index in [4.69, 9.17) is 51.6 Å². The molecule has 4 unspecified atom stereocenters. The molecule has 17 heteroatoms. The van der Waals surface area contributed by atoms with Gasteiger partial charge in [0.05, 0.1) is 48.8 Å². The summed E-state index contributed by atoms with van der Waals surface area (Å²) < 4.78 is 56.6. The van der Waals surface area contributed by atoms with Gasteiger partial charge in [-0.15, -0.1) is 0 Å². The highest BCUT2D eigenvalue weighted by atomic mass is 16.7. The van der Waals surface area contributed by atoms with E-state index in [-0.39, 0.29) is 113 Å². The third-order valence-corrected chi connectivity index (χ3v) is 12.3. The summed E-state index contributed by atoms with van der Waals surface area (Å²) in [5.41, 5.74) is -0.407. The van der Waals surface area contributed by atoms with Crippen molar-refractivity contribution in [2.45, 2.75) is 275 Å². The van der Waals surface area contributed by atoms with Crippen LogP contribution in [-0.2, 0) is 37.2 Å². The number of fused-ring (bicyclic) bond motifs is 2. The van der Waals surface area contributed by atoms with Gasteiger partial charge in [0.15, 0.2) is 0 Å². The van der Waals surface area contributed by atoms with Crippen LogP contribution >= 0.6 is 0 Å². The highest BCUT2D eigenvalue weighted by molar-refractivity contribution is 6.52. The van der Waals surface area contributed by atoms with Crippen LogP contribution in [-0.4, -0.2) is 96.4 Å². The molecule has 0 spiro atoms. The molecule has 0 radical (unpaired) electrons. The maximum absolute atomic E-state index is 8.89. The Morgan fingerprint density at radius 3 is 1.04 bits per heavy atom. The van der Waals surface area contributed by atoms with Gasteiger partial charge in [-0.2, -0.15) is 0 Å². The number of hydrogen-bond acceptors (Lipinski definition) is 11. The first-order valence-corrected chi connectivity index (χ1v) is 24.5. The van der Waals surface area contributed by atoms with Crippen LogP contribution in [0.5, 0.6) is 11.5 Å². The van der Waals surface area contributed by atoms with E-state index >= 15 is 0 Å². The molecule has 67 heavy (non-hydrogen) atoms. The molecule has 1 N–H and O–H groups in total. The summed E-state index contributed by atoms with van der Waals surface area (Å²) in [5.74, 6) is 1.70. The van der Waals surface area contributed by atoms with Crippen molar-refractivity contribution >= 4 is 42.5 Å². The van der Waals surface area contributed by atoms with Crippen molar-refractivity contribution in [2.75, 3.05) is 13.2 Å². The minimum absolute atomic E-state index is 0. The molecule has 1 aliphatic carbocycles. The molecule has 5 heterocycles. The monoisotopic (exact) mass is 945 g/mol. The Labute approximate surface area is 416 Å². The third-order valence-electron chi connectivity index (χ3n) is 12.3. The van der Waals surface area contributed by atoms with Gasteiger partial charge in [-0.25, -0.2) is 0 Å². The lowest BCUT2D eigenvalue weighted by atomic mass is 9.50. The summed E-state index contributed by atoms with van der Waals surface area (Å²) in [7, 11) is -0.264. The summed E-state index contributed by atoms with van der Waals surface area (Å²) in [6.45, 7) is 53.5. The Bertz CT molecular complexity index is 1490. The largest absolute Gasteiger partial charge is 0.600 e. The molecule has 0 aromatic heterocycles. The van der Waals surface area contributed by atoms with Gasteiger partial charge >= 0.3 is 35.6 Å². The zero-order valence-corrected chi connectivity index (χ0v) is 46.1. The Balaban J connectivity index is 0.000000784. The predicted molar refractivity (Wildman–Crippen MR) is 289 cm³/mol. The summed E-state index contributed by atoms with van der Waals surface area (Å²) in [6.07, 6.45) is 4.92. The Hall–Kier alpha value is -1.15. The SMILES string of the molecule is C.C.CB(O)C(C)(C)C.CC(C)(C)B1OC(C)(C)C(C)(C)O1.CC(C)(C)B1OC2CCCC2O1.CC(C)(C)B1OCCO1.CC(C)(C)B1Oc2ccccc2O1.CC1OB(C(C)(C)C)OC1C. The van der Waals surface area contributed by atoms with Gasteiger partial charge in [0.1, 0.15) is 11.5 Å². The van der Waals surface area contributed by atoms with Crippen LogP contribution in [0, 0.1) is 0 Å². The smallest absolute Gasteiger partial charge is 0.523 e. The quantitative estimate of drug-likeness (QED) is 0.251. The molecule has 1 aromatic rings. The first kappa shape index (κ1) is 65.8. The lowest BCUT2D eigenvalue weighted by molar-refractivity contribution is 0.00578. The normalized spacial score (nSPS) is 23.9. The van der Waals surface area contributed by atoms with Crippen molar-refractivity contribution in [3.05, 3.63) is 24.3 Å². The van der Waals surface area contributed by atoms with E-state index in [0.717, 1.165) is 24.7 Å². The summed E-state index contributed by atoms with van der Waals surface area (Å²) in [4.78, 5) is 0. The second kappa shape index (κ2) is 25.5. The lowest BCUT2D eigenvalue weighted by Gasteiger charge is -2.32. The Morgan fingerprint density at radius 2 is 0.806 bits per heavy atom. The summed E-state index contributed by atoms with van der Waals surface area (Å²) in [6, 6.07) is 7.77. The number of rotatable bonds is 0. The van der Waals surface area contributed by atoms with Crippen LogP contribution in [0.4, 0.5) is 0 Å². The van der Waals surface area contributed by atoms with E-state index in [1.54, 1.807) is 6.82 Å². The van der Waals surface area contributed by atoms with Crippen LogP contribution in [0.25, 0.3) is 0 Å². The van der Waals surface area contributed by atoms with E-state index in [1.165, 1.54) is 19.3 Å². The predicted octanol–water partition coefficient (Wildman–Crippen LogP) is 14.0. The zero-order chi connectivity index (χ0) is 50.4. The first-order valence-electron chi connectivity index (χ1n) is 24.5. The molecule has 386 valence electrons. The number of benzene rings is 1. The van der Waals surface area contributed by atoms with Gasteiger partial charge in [0, 0.05) is 5.31 Å². The van der Waals surface area contributed by atoms with E-state index in [9.17, 15) is 0 Å². The van der Waals surface area contributed by atoms with Crippen LogP contribution in [0.2, 0.25) is 38.7 Å². The first-order chi connectivity index (χ1) is 29.2. The molecule has 11 nitrogen and oxygen atoms in total. The van der Waals surface area contributed by atoms with E-state index in [1.807, 2.05) is 45.0 Å². The van der Waals surface area contributed by atoms with Crippen molar-refractivity contribution in [3.63, 3.8) is 0 Å². The molecule has 0 bridgehead atoms. The van der Waals surface area contributed by atoms with Crippen molar-refractivity contribution in [1.82, 2.24) is 0 Å². The van der Waals surface area contributed by atoms with Crippen LogP contribution in [0.1, 0.15) is 200 Å². The minimum atomic E-state index is -0.203. The second-order valence-corrected chi connectivity index (χ2v) is 26.2. The number of para-hydroxylation sites is 2. The standard InChI is InChI=1S/C10H13BO2.C10H21BO2.C9H17BO2.C8H17BO2.C6H13BO2.C5H13BO.2CH4/c1-10(2,3)11-12-8-6-4-5-7-9(8)13-11;1-8(2,3)11-12-9(4,5)10(6,7)13-11;1-9(2,3)10-11-7-5-4-6-8(7)12-10;1-6-7(2)11-9(10-6)8(3,4)5;1-6(2,3)7-8-4-5-9-7;1-5(2,3)6(4)7;;/h4-7H,1-3H3;1-7H3;7-8H,4-6H2,1-3H3;6-7H,1-5H3;4-5H2,1-3H3;7H,1-4H3;2*1H4. The molecule has 5 fully saturated rings. The van der Waals surface area contributed by atoms with Crippen molar-refractivity contribution in [1.29, 1.82) is 0 Å². The molecule has 1 aromatic carbocycles. The van der Waals surface area contributed by atoms with Crippen LogP contribution in [0.15, 0.2) is 24.3 Å². The summed E-state index contributed by atoms with van der Waals surface area (Å²) in [5, 5.41) is 9.36. The van der Waals surface area contributed by atoms with Gasteiger partial charge < -0.3 is 51.6 Å². The van der Waals surface area contributed by atoms with Gasteiger partial charge in [-0.3, -0.25) is 0 Å². The zero-order valence-electron chi connectivity index (χ0n) is 46.1. The highest BCUT2D eigenvalue weighted by Gasteiger charge is 2.55. The van der Waals surface area contributed by atoms with Crippen LogP contribution in [0.3, 0.4) is 0 Å². The van der Waals surface area contributed by atoms with Gasteiger partial charge in [0.25, 0.3) is 6.92 Å². The molecule has 6 aliphatic rings. The Kier molecular flexibility index (Phi) is 25.0. The van der Waals surface area contributed by atoms with Gasteiger partial charge in [0.2, 0.25) is 0 Å². The van der Waals surface area contributed by atoms with Gasteiger partial charge in [-0.05, 0) is 99.5 Å². The molecule has 4 atom stereocenters. The number of hydrogen-bond donors (Lipinski definition) is 1. The van der Waals surface area contributed by atoms with Crippen molar-refractivity contribution < 1.29 is 51.6 Å². The van der Waals surface area contributed by atoms with Crippen LogP contribution < -0.4 is 9.31 Å². The molecule has 0 amide bonds. The van der Waals surface area contributed by atoms with E-state index in [0.29, 0.717) is 12.2 Å². The van der Waals surface area contributed by atoms with E-state index in [2.05, 4.69) is 145 Å². The molecule has 5 aliphatic heterocycles. The third kappa shape index (κ3) is 21.2. The molecule has 4 saturated heterocycles. The molecule has 7 rings (SSSR count). The Morgan fingerprint density at radius 1 is 0.507 bits per heavy atom. The van der Waals surface area contributed by atoms with Crippen molar-refractivity contribution in [2.24, 2.45) is 0 Å². The second-order valence-electron chi connectivity index (χ2n) is 26.2. The highest BCUT2D eigenvalue weighted by Crippen LogP contribution is 2.45. The van der Waals surface area contributed by atoms with Crippen molar-refractivity contribution in [3.8, 4) is 11.5 Å². The molecule has 1 saturated carbocycles. The molecular formula is C50H102B6O11. The topological polar surface area (TPSA) is 113 Å². The molecular weight excluding hydrogens is 841 g/mol. The maximum atomic E-state index is 8.89. The summed E-state index contributed by atoms with van der Waals surface area (Å²) >= 11 is 0. The fourth-order valence-corrected chi connectivity index (χ4v) is 6.32.